The van der Waals surface area contributed by atoms with E-state index < -0.39 is 4.92 Å². The second-order valence-electron chi connectivity index (χ2n) is 3.76. The number of nitrogens with one attached hydrogen (secondary N) is 1. The smallest absolute Gasteiger partial charge is 0.293 e. The van der Waals surface area contributed by atoms with Gasteiger partial charge in [-0.2, -0.15) is 0 Å². The fourth-order valence-corrected chi connectivity index (χ4v) is 2.78. The van der Waals surface area contributed by atoms with Gasteiger partial charge in [-0.25, -0.2) is 0 Å². The molecule has 0 aromatic heterocycles. The van der Waals surface area contributed by atoms with Gasteiger partial charge in [0.15, 0.2) is 0 Å². The molecule has 0 radical (unpaired) electrons. The molecule has 1 heterocycles. The van der Waals surface area contributed by atoms with Crippen molar-refractivity contribution in [3.63, 3.8) is 0 Å². The summed E-state index contributed by atoms with van der Waals surface area (Å²) in [6.45, 7) is 1.67. The lowest BCUT2D eigenvalue weighted by atomic mass is 9.99. The Morgan fingerprint density at radius 3 is 2.71 bits per heavy atom. The SMILES string of the molecule is Cc1c(Cl)c([N+](=O)[O-])c2c(c1Br)NC(=O)CC2. The number of carbonyl (C=O) groups is 1. The van der Waals surface area contributed by atoms with Gasteiger partial charge < -0.3 is 5.32 Å². The predicted molar refractivity (Wildman–Crippen MR) is 67.5 cm³/mol. The molecule has 1 aliphatic rings. The number of carbonyl (C=O) groups excluding carboxylic acids is 1. The summed E-state index contributed by atoms with van der Waals surface area (Å²) in [4.78, 5) is 21.9. The van der Waals surface area contributed by atoms with Crippen LogP contribution >= 0.6 is 27.5 Å². The third-order valence-corrected chi connectivity index (χ3v) is 4.18. The highest BCUT2D eigenvalue weighted by Crippen LogP contribution is 2.44. The molecule has 0 bridgehead atoms. The highest BCUT2D eigenvalue weighted by molar-refractivity contribution is 9.10. The van der Waals surface area contributed by atoms with Crippen LogP contribution in [0.4, 0.5) is 11.4 Å². The van der Waals surface area contributed by atoms with Crippen LogP contribution in [0.15, 0.2) is 4.47 Å². The molecule has 7 heteroatoms. The minimum absolute atomic E-state index is 0.109. The Morgan fingerprint density at radius 1 is 1.47 bits per heavy atom. The van der Waals surface area contributed by atoms with E-state index in [4.69, 9.17) is 11.6 Å². The van der Waals surface area contributed by atoms with Crippen LogP contribution in [0.3, 0.4) is 0 Å². The molecule has 1 N–H and O–H groups in total. The maximum absolute atomic E-state index is 11.3. The minimum Gasteiger partial charge on any atom is -0.325 e. The summed E-state index contributed by atoms with van der Waals surface area (Å²) in [5, 5.41) is 13.8. The third-order valence-electron chi connectivity index (χ3n) is 2.72. The lowest BCUT2D eigenvalue weighted by Gasteiger charge is -2.20. The van der Waals surface area contributed by atoms with Gasteiger partial charge in [0.05, 0.1) is 16.2 Å². The Labute approximate surface area is 110 Å². The van der Waals surface area contributed by atoms with Crippen molar-refractivity contribution >= 4 is 44.8 Å². The van der Waals surface area contributed by atoms with E-state index in [9.17, 15) is 14.9 Å². The van der Waals surface area contributed by atoms with E-state index in [-0.39, 0.29) is 23.0 Å². The molecule has 90 valence electrons. The largest absolute Gasteiger partial charge is 0.325 e. The standard InChI is InChI=1S/C10H8BrClN2O3/c1-4-7(11)9-5(2-3-6(15)13-9)10(8(4)12)14(16)17/h2-3H2,1H3,(H,13,15). The van der Waals surface area contributed by atoms with Crippen molar-refractivity contribution in [2.24, 2.45) is 0 Å². The molecular weight excluding hydrogens is 311 g/mol. The van der Waals surface area contributed by atoms with Gasteiger partial charge in [0.25, 0.3) is 5.69 Å². The van der Waals surface area contributed by atoms with Crippen molar-refractivity contribution in [1.29, 1.82) is 0 Å². The zero-order valence-electron chi connectivity index (χ0n) is 8.84. The molecular formula is C10H8BrClN2O3. The monoisotopic (exact) mass is 318 g/mol. The average molecular weight is 320 g/mol. The summed E-state index contributed by atoms with van der Waals surface area (Å²) >= 11 is 9.29. The molecule has 0 aliphatic carbocycles. The molecule has 0 unspecified atom stereocenters. The number of halogens is 2. The summed E-state index contributed by atoms with van der Waals surface area (Å²) < 4.78 is 0.608. The van der Waals surface area contributed by atoms with Crippen LogP contribution in [-0.2, 0) is 11.2 Å². The van der Waals surface area contributed by atoms with E-state index in [1.807, 2.05) is 0 Å². The van der Waals surface area contributed by atoms with Crippen LogP contribution in [0.25, 0.3) is 0 Å². The van der Waals surface area contributed by atoms with Gasteiger partial charge in [0.2, 0.25) is 5.91 Å². The highest BCUT2D eigenvalue weighted by Gasteiger charge is 2.30. The Balaban J connectivity index is 2.78. The molecule has 5 nitrogen and oxygen atoms in total. The average Bonchev–Trinajstić information content (AvgIpc) is 2.27. The third kappa shape index (κ3) is 1.91. The summed E-state index contributed by atoms with van der Waals surface area (Å²) in [6, 6.07) is 0. The molecule has 1 aliphatic heterocycles. The van der Waals surface area contributed by atoms with Gasteiger partial charge in [-0.1, -0.05) is 11.6 Å². The van der Waals surface area contributed by atoms with E-state index in [1.165, 1.54) is 0 Å². The summed E-state index contributed by atoms with van der Waals surface area (Å²) in [5.74, 6) is -0.144. The van der Waals surface area contributed by atoms with Gasteiger partial charge in [-0.15, -0.1) is 0 Å². The lowest BCUT2D eigenvalue weighted by molar-refractivity contribution is -0.385. The molecule has 1 aromatic carbocycles. The molecule has 0 fully saturated rings. The summed E-state index contributed by atoms with van der Waals surface area (Å²) in [5.41, 5.74) is 1.40. The first-order chi connectivity index (χ1) is 7.93. The first-order valence-electron chi connectivity index (χ1n) is 4.88. The first kappa shape index (κ1) is 12.3. The lowest BCUT2D eigenvalue weighted by Crippen LogP contribution is -2.21. The molecule has 1 aromatic rings. The van der Waals surface area contributed by atoms with E-state index in [0.29, 0.717) is 27.7 Å². The van der Waals surface area contributed by atoms with E-state index >= 15 is 0 Å². The molecule has 0 saturated heterocycles. The van der Waals surface area contributed by atoms with Crippen molar-refractivity contribution in [2.75, 3.05) is 5.32 Å². The second kappa shape index (κ2) is 4.27. The number of rotatable bonds is 1. The zero-order chi connectivity index (χ0) is 12.7. The number of hydrogen-bond donors (Lipinski definition) is 1. The maximum atomic E-state index is 11.3. The highest BCUT2D eigenvalue weighted by atomic mass is 79.9. The summed E-state index contributed by atoms with van der Waals surface area (Å²) in [7, 11) is 0. The number of fused-ring (bicyclic) bond motifs is 1. The number of hydrogen-bond acceptors (Lipinski definition) is 3. The maximum Gasteiger partial charge on any atom is 0.293 e. The Hall–Kier alpha value is -1.14. The number of nitro benzene ring substituents is 1. The van der Waals surface area contributed by atoms with Crippen molar-refractivity contribution in [3.05, 3.63) is 30.7 Å². The Kier molecular flexibility index (Phi) is 3.09. The van der Waals surface area contributed by atoms with Crippen molar-refractivity contribution in [1.82, 2.24) is 0 Å². The van der Waals surface area contributed by atoms with E-state index in [2.05, 4.69) is 21.2 Å². The van der Waals surface area contributed by atoms with Gasteiger partial charge in [0, 0.05) is 10.9 Å². The Bertz CT molecular complexity index is 545. The fraction of sp³-hybridized carbons (Fsp3) is 0.300. The van der Waals surface area contributed by atoms with Crippen LogP contribution < -0.4 is 5.32 Å². The molecule has 0 atom stereocenters. The normalized spacial score (nSPS) is 14.2. The molecule has 0 saturated carbocycles. The van der Waals surface area contributed by atoms with Crippen LogP contribution in [0.1, 0.15) is 17.5 Å². The molecule has 2 rings (SSSR count). The topological polar surface area (TPSA) is 72.2 Å². The van der Waals surface area contributed by atoms with Crippen LogP contribution in [0, 0.1) is 17.0 Å². The fourth-order valence-electron chi connectivity index (χ4n) is 1.85. The second-order valence-corrected chi connectivity index (χ2v) is 4.93. The number of amides is 1. The van der Waals surface area contributed by atoms with Crippen LogP contribution in [-0.4, -0.2) is 10.8 Å². The first-order valence-corrected chi connectivity index (χ1v) is 6.05. The molecule has 0 spiro atoms. The Morgan fingerprint density at radius 2 is 2.12 bits per heavy atom. The van der Waals surface area contributed by atoms with Gasteiger partial charge in [-0.3, -0.25) is 14.9 Å². The van der Waals surface area contributed by atoms with Crippen molar-refractivity contribution < 1.29 is 9.72 Å². The van der Waals surface area contributed by atoms with Crippen molar-refractivity contribution in [3.8, 4) is 0 Å². The van der Waals surface area contributed by atoms with E-state index in [1.54, 1.807) is 6.92 Å². The molecule has 1 amide bonds. The van der Waals surface area contributed by atoms with Crippen molar-refractivity contribution in [2.45, 2.75) is 19.8 Å². The van der Waals surface area contributed by atoms with Crippen LogP contribution in [0.5, 0.6) is 0 Å². The number of nitro groups is 1. The predicted octanol–water partition coefficient (Wildman–Crippen LogP) is 3.20. The quantitative estimate of drug-likeness (QED) is 0.638. The number of nitrogens with zero attached hydrogens (tertiary/aromatic N) is 1. The summed E-state index contributed by atoms with van der Waals surface area (Å²) in [6.07, 6.45) is 0.565. The van der Waals surface area contributed by atoms with Gasteiger partial charge in [-0.05, 0) is 34.8 Å². The van der Waals surface area contributed by atoms with Crippen LogP contribution in [0.2, 0.25) is 5.02 Å². The number of anilines is 1. The zero-order valence-corrected chi connectivity index (χ0v) is 11.2. The molecule has 17 heavy (non-hydrogen) atoms. The van der Waals surface area contributed by atoms with Gasteiger partial charge >= 0.3 is 0 Å². The minimum atomic E-state index is -0.502. The number of benzene rings is 1. The van der Waals surface area contributed by atoms with E-state index in [0.717, 1.165) is 0 Å². The van der Waals surface area contributed by atoms with Gasteiger partial charge in [0.1, 0.15) is 5.02 Å².